The minimum Gasteiger partial charge on any atom is -0.301 e. The first-order chi connectivity index (χ1) is 9.31. The maximum absolute atomic E-state index is 4.06. The van der Waals surface area contributed by atoms with Crippen LogP contribution in [0.25, 0.3) is 0 Å². The molecule has 1 aromatic carbocycles. The van der Waals surface area contributed by atoms with E-state index in [-0.39, 0.29) is 0 Å². The van der Waals surface area contributed by atoms with Crippen LogP contribution >= 0.6 is 11.8 Å². The molecule has 1 aliphatic rings. The van der Waals surface area contributed by atoms with Crippen LogP contribution < -0.4 is 0 Å². The highest BCUT2D eigenvalue weighted by Gasteiger charge is 2.22. The van der Waals surface area contributed by atoms with Gasteiger partial charge in [-0.25, -0.2) is 0 Å². The number of rotatable bonds is 4. The normalized spacial score (nSPS) is 17.7. The van der Waals surface area contributed by atoms with Gasteiger partial charge in [0.1, 0.15) is 0 Å². The van der Waals surface area contributed by atoms with Crippen LogP contribution in [0.15, 0.2) is 53.7 Å². The van der Waals surface area contributed by atoms with E-state index in [1.807, 2.05) is 24.2 Å². The van der Waals surface area contributed by atoms with Crippen molar-refractivity contribution in [3.05, 3.63) is 59.9 Å². The van der Waals surface area contributed by atoms with Crippen molar-refractivity contribution in [2.75, 3.05) is 13.6 Å². The second-order valence-electron chi connectivity index (χ2n) is 5.10. The van der Waals surface area contributed by atoms with Crippen molar-refractivity contribution in [1.82, 2.24) is 9.88 Å². The molecule has 1 aromatic heterocycles. The minimum atomic E-state index is 0.684. The average molecular weight is 270 g/mol. The van der Waals surface area contributed by atoms with Gasteiger partial charge in [0.25, 0.3) is 0 Å². The maximum atomic E-state index is 4.06. The molecule has 0 N–H and O–H groups in total. The van der Waals surface area contributed by atoms with Gasteiger partial charge in [-0.2, -0.15) is 0 Å². The van der Waals surface area contributed by atoms with Gasteiger partial charge in [0, 0.05) is 35.6 Å². The van der Waals surface area contributed by atoms with E-state index in [0.29, 0.717) is 5.25 Å². The van der Waals surface area contributed by atoms with Gasteiger partial charge in [-0.05, 0) is 42.8 Å². The molecule has 0 saturated heterocycles. The lowest BCUT2D eigenvalue weighted by Gasteiger charge is -2.20. The molecule has 98 valence electrons. The summed E-state index contributed by atoms with van der Waals surface area (Å²) in [4.78, 5) is 7.92. The van der Waals surface area contributed by atoms with Gasteiger partial charge in [0.2, 0.25) is 0 Å². The zero-order valence-electron chi connectivity index (χ0n) is 11.1. The maximum Gasteiger partial charge on any atom is 0.0271 e. The monoisotopic (exact) mass is 270 g/mol. The molecular weight excluding hydrogens is 252 g/mol. The molecule has 1 atom stereocenters. The van der Waals surface area contributed by atoms with E-state index in [1.165, 1.54) is 22.4 Å². The van der Waals surface area contributed by atoms with E-state index in [2.05, 4.69) is 53.3 Å². The summed E-state index contributed by atoms with van der Waals surface area (Å²) < 4.78 is 0. The molecule has 2 nitrogen and oxygen atoms in total. The number of aromatic nitrogens is 1. The Balaban J connectivity index is 1.56. The third kappa shape index (κ3) is 3.17. The summed E-state index contributed by atoms with van der Waals surface area (Å²) in [6.07, 6.45) is 4.92. The fourth-order valence-electron chi connectivity index (χ4n) is 2.57. The molecular formula is C16H18N2S. The van der Waals surface area contributed by atoms with Crippen molar-refractivity contribution >= 4 is 11.8 Å². The molecule has 19 heavy (non-hydrogen) atoms. The zero-order chi connectivity index (χ0) is 13.1. The molecule has 0 radical (unpaired) electrons. The van der Waals surface area contributed by atoms with Crippen LogP contribution in [-0.4, -0.2) is 28.7 Å². The van der Waals surface area contributed by atoms with E-state index in [9.17, 15) is 0 Å². The minimum absolute atomic E-state index is 0.684. The molecule has 2 heterocycles. The summed E-state index contributed by atoms with van der Waals surface area (Å²) >= 11 is 2.02. The summed E-state index contributed by atoms with van der Waals surface area (Å²) in [7, 11) is 2.20. The average Bonchev–Trinajstić information content (AvgIpc) is 2.81. The summed E-state index contributed by atoms with van der Waals surface area (Å²) in [5.74, 6) is 0. The number of benzene rings is 1. The molecule has 2 aromatic rings. The molecule has 0 spiro atoms. The van der Waals surface area contributed by atoms with Crippen LogP contribution in [0.1, 0.15) is 11.1 Å². The zero-order valence-corrected chi connectivity index (χ0v) is 11.9. The van der Waals surface area contributed by atoms with Gasteiger partial charge in [0.15, 0.2) is 0 Å². The Morgan fingerprint density at radius 2 is 2.00 bits per heavy atom. The highest BCUT2D eigenvalue weighted by molar-refractivity contribution is 8.00. The standard InChI is InChI=1S/C16H18N2S/c1-18(11-13-6-8-17-9-7-13)12-15-10-14-4-2-3-5-16(14)19-15/h2-9,15H,10-12H2,1H3. The summed E-state index contributed by atoms with van der Waals surface area (Å²) in [6, 6.07) is 12.9. The third-order valence-electron chi connectivity index (χ3n) is 3.43. The Morgan fingerprint density at radius 1 is 1.21 bits per heavy atom. The predicted octanol–water partition coefficient (Wildman–Crippen LogP) is 3.23. The van der Waals surface area contributed by atoms with Gasteiger partial charge >= 0.3 is 0 Å². The topological polar surface area (TPSA) is 16.1 Å². The van der Waals surface area contributed by atoms with Crippen molar-refractivity contribution in [1.29, 1.82) is 0 Å². The van der Waals surface area contributed by atoms with E-state index in [1.54, 1.807) is 0 Å². The third-order valence-corrected chi connectivity index (χ3v) is 4.73. The van der Waals surface area contributed by atoms with Crippen LogP contribution in [0.2, 0.25) is 0 Å². The Labute approximate surface area is 118 Å². The molecule has 0 fully saturated rings. The van der Waals surface area contributed by atoms with E-state index < -0.39 is 0 Å². The molecule has 0 amide bonds. The molecule has 1 unspecified atom stereocenters. The Kier molecular flexibility index (Phi) is 3.85. The number of fused-ring (bicyclic) bond motifs is 1. The van der Waals surface area contributed by atoms with Crippen LogP contribution in [0.4, 0.5) is 0 Å². The SMILES string of the molecule is CN(Cc1ccncc1)CC1Cc2ccccc2S1. The van der Waals surface area contributed by atoms with Gasteiger partial charge in [0.05, 0.1) is 0 Å². The Hall–Kier alpha value is -1.32. The fraction of sp³-hybridized carbons (Fsp3) is 0.312. The molecule has 3 heteroatoms. The van der Waals surface area contributed by atoms with Crippen molar-refractivity contribution in [3.8, 4) is 0 Å². The lowest BCUT2D eigenvalue weighted by Crippen LogP contribution is -2.26. The summed E-state index contributed by atoms with van der Waals surface area (Å²) in [5.41, 5.74) is 2.84. The molecule has 0 saturated carbocycles. The first-order valence-corrected chi connectivity index (χ1v) is 7.51. The number of hydrogen-bond donors (Lipinski definition) is 0. The second-order valence-corrected chi connectivity index (χ2v) is 6.45. The molecule has 0 aliphatic carbocycles. The number of pyridine rings is 1. The molecule has 1 aliphatic heterocycles. The Morgan fingerprint density at radius 3 is 2.79 bits per heavy atom. The first kappa shape index (κ1) is 12.7. The predicted molar refractivity (Wildman–Crippen MR) is 80.4 cm³/mol. The highest BCUT2D eigenvalue weighted by Crippen LogP contribution is 2.36. The van der Waals surface area contributed by atoms with Gasteiger partial charge < -0.3 is 4.90 Å². The largest absolute Gasteiger partial charge is 0.301 e. The summed E-state index contributed by atoms with van der Waals surface area (Å²) in [5, 5.41) is 0.684. The van der Waals surface area contributed by atoms with Crippen LogP contribution in [0, 0.1) is 0 Å². The van der Waals surface area contributed by atoms with E-state index in [0.717, 1.165) is 13.1 Å². The van der Waals surface area contributed by atoms with Crippen molar-refractivity contribution in [3.63, 3.8) is 0 Å². The lowest BCUT2D eigenvalue weighted by molar-refractivity contribution is 0.327. The first-order valence-electron chi connectivity index (χ1n) is 6.63. The summed E-state index contributed by atoms with van der Waals surface area (Å²) in [6.45, 7) is 2.12. The van der Waals surface area contributed by atoms with E-state index >= 15 is 0 Å². The van der Waals surface area contributed by atoms with Crippen molar-refractivity contribution in [2.24, 2.45) is 0 Å². The van der Waals surface area contributed by atoms with Crippen molar-refractivity contribution < 1.29 is 0 Å². The van der Waals surface area contributed by atoms with Gasteiger partial charge in [-0.1, -0.05) is 18.2 Å². The van der Waals surface area contributed by atoms with Gasteiger partial charge in [-0.15, -0.1) is 11.8 Å². The number of nitrogens with zero attached hydrogens (tertiary/aromatic N) is 2. The fourth-order valence-corrected chi connectivity index (χ4v) is 3.98. The molecule has 3 rings (SSSR count). The number of hydrogen-bond acceptors (Lipinski definition) is 3. The van der Waals surface area contributed by atoms with Crippen LogP contribution in [0.3, 0.4) is 0 Å². The van der Waals surface area contributed by atoms with Crippen LogP contribution in [0.5, 0.6) is 0 Å². The van der Waals surface area contributed by atoms with Crippen molar-refractivity contribution in [2.45, 2.75) is 23.1 Å². The lowest BCUT2D eigenvalue weighted by atomic mass is 10.1. The second kappa shape index (κ2) is 5.76. The van der Waals surface area contributed by atoms with Gasteiger partial charge in [-0.3, -0.25) is 4.98 Å². The number of thioether (sulfide) groups is 1. The highest BCUT2D eigenvalue weighted by atomic mass is 32.2. The smallest absolute Gasteiger partial charge is 0.0271 e. The quantitative estimate of drug-likeness (QED) is 0.848. The Bertz CT molecular complexity index is 516. The van der Waals surface area contributed by atoms with E-state index in [4.69, 9.17) is 0 Å². The van der Waals surface area contributed by atoms with Crippen LogP contribution in [-0.2, 0) is 13.0 Å². The molecule has 0 bridgehead atoms.